The summed E-state index contributed by atoms with van der Waals surface area (Å²) in [6.07, 6.45) is 4.88. The van der Waals surface area contributed by atoms with Crippen LogP contribution in [0.4, 0.5) is 0 Å². The first-order chi connectivity index (χ1) is 9.22. The van der Waals surface area contributed by atoms with Gasteiger partial charge in [-0.1, -0.05) is 13.8 Å². The lowest BCUT2D eigenvalue weighted by atomic mass is 10.1. The first-order valence-electron chi connectivity index (χ1n) is 7.03. The molecule has 1 atom stereocenters. The minimum absolute atomic E-state index is 0.204. The summed E-state index contributed by atoms with van der Waals surface area (Å²) in [5, 5.41) is 7.98. The van der Waals surface area contributed by atoms with Crippen molar-refractivity contribution in [1.29, 1.82) is 0 Å². The van der Waals surface area contributed by atoms with Crippen LogP contribution in [0.3, 0.4) is 0 Å². The second kappa shape index (κ2) is 6.57. The summed E-state index contributed by atoms with van der Waals surface area (Å²) in [7, 11) is 1.94. The zero-order valence-corrected chi connectivity index (χ0v) is 12.0. The normalized spacial score (nSPS) is 12.8. The van der Waals surface area contributed by atoms with E-state index < -0.39 is 0 Å². The van der Waals surface area contributed by atoms with E-state index in [1.54, 1.807) is 0 Å². The molecule has 0 bridgehead atoms. The van der Waals surface area contributed by atoms with E-state index in [0.717, 1.165) is 43.0 Å². The molecule has 4 nitrogen and oxygen atoms in total. The predicted molar refractivity (Wildman–Crippen MR) is 76.0 cm³/mol. The maximum Gasteiger partial charge on any atom is 0.121 e. The van der Waals surface area contributed by atoms with E-state index in [-0.39, 0.29) is 6.04 Å². The van der Waals surface area contributed by atoms with Crippen LogP contribution in [0.2, 0.25) is 0 Å². The van der Waals surface area contributed by atoms with Crippen LogP contribution in [-0.4, -0.2) is 16.3 Å². The zero-order chi connectivity index (χ0) is 13.7. The van der Waals surface area contributed by atoms with E-state index in [0.29, 0.717) is 0 Å². The first-order valence-corrected chi connectivity index (χ1v) is 7.03. The fourth-order valence-corrected chi connectivity index (χ4v) is 2.14. The highest BCUT2D eigenvalue weighted by Gasteiger charge is 2.16. The van der Waals surface area contributed by atoms with Crippen molar-refractivity contribution < 1.29 is 4.42 Å². The molecule has 2 heterocycles. The third-order valence-corrected chi connectivity index (χ3v) is 3.20. The lowest BCUT2D eigenvalue weighted by molar-refractivity contribution is 0.390. The SMILES string of the molecule is CCCNC(Cc1ccn(C)n1)c1ccc(CC)o1. The van der Waals surface area contributed by atoms with Crippen LogP contribution in [0.1, 0.15) is 43.5 Å². The van der Waals surface area contributed by atoms with E-state index in [2.05, 4.69) is 42.5 Å². The van der Waals surface area contributed by atoms with Crippen LogP contribution in [0.25, 0.3) is 0 Å². The number of furan rings is 1. The minimum atomic E-state index is 0.204. The zero-order valence-electron chi connectivity index (χ0n) is 12.0. The van der Waals surface area contributed by atoms with Gasteiger partial charge in [-0.3, -0.25) is 4.68 Å². The predicted octanol–water partition coefficient (Wildman–Crippen LogP) is 2.86. The summed E-state index contributed by atoms with van der Waals surface area (Å²) in [5.74, 6) is 2.05. The maximum atomic E-state index is 5.87. The van der Waals surface area contributed by atoms with Crippen LogP contribution in [0.5, 0.6) is 0 Å². The van der Waals surface area contributed by atoms with Gasteiger partial charge in [0.25, 0.3) is 0 Å². The second-order valence-corrected chi connectivity index (χ2v) is 4.85. The Labute approximate surface area is 114 Å². The van der Waals surface area contributed by atoms with Gasteiger partial charge in [0, 0.05) is 26.1 Å². The van der Waals surface area contributed by atoms with Crippen molar-refractivity contribution in [1.82, 2.24) is 15.1 Å². The molecule has 19 heavy (non-hydrogen) atoms. The smallest absolute Gasteiger partial charge is 0.121 e. The maximum absolute atomic E-state index is 5.87. The molecule has 1 unspecified atom stereocenters. The fourth-order valence-electron chi connectivity index (χ4n) is 2.14. The van der Waals surface area contributed by atoms with Gasteiger partial charge in [0.1, 0.15) is 11.5 Å². The molecule has 2 rings (SSSR count). The molecule has 0 saturated heterocycles. The summed E-state index contributed by atoms with van der Waals surface area (Å²) < 4.78 is 7.71. The van der Waals surface area contributed by atoms with Crippen molar-refractivity contribution in [3.8, 4) is 0 Å². The van der Waals surface area contributed by atoms with E-state index in [9.17, 15) is 0 Å². The van der Waals surface area contributed by atoms with Crippen molar-refractivity contribution in [2.75, 3.05) is 6.54 Å². The number of rotatable bonds is 7. The molecule has 0 aromatic carbocycles. The largest absolute Gasteiger partial charge is 0.464 e. The highest BCUT2D eigenvalue weighted by Crippen LogP contribution is 2.20. The van der Waals surface area contributed by atoms with E-state index in [1.165, 1.54) is 0 Å². The van der Waals surface area contributed by atoms with Crippen LogP contribution < -0.4 is 5.32 Å². The van der Waals surface area contributed by atoms with Gasteiger partial charge in [0.15, 0.2) is 0 Å². The number of hydrogen-bond acceptors (Lipinski definition) is 3. The van der Waals surface area contributed by atoms with E-state index in [1.807, 2.05) is 17.9 Å². The van der Waals surface area contributed by atoms with Crippen molar-refractivity contribution >= 4 is 0 Å². The molecule has 0 aliphatic rings. The Morgan fingerprint density at radius 2 is 2.16 bits per heavy atom. The summed E-state index contributed by atoms with van der Waals surface area (Å²) in [6.45, 7) is 5.26. The molecule has 0 aliphatic carbocycles. The van der Waals surface area contributed by atoms with Crippen molar-refractivity contribution in [3.63, 3.8) is 0 Å². The van der Waals surface area contributed by atoms with Gasteiger partial charge in [0.05, 0.1) is 11.7 Å². The molecule has 0 radical (unpaired) electrons. The van der Waals surface area contributed by atoms with Gasteiger partial charge < -0.3 is 9.73 Å². The van der Waals surface area contributed by atoms with Crippen LogP contribution in [0.15, 0.2) is 28.8 Å². The Morgan fingerprint density at radius 3 is 2.74 bits per heavy atom. The monoisotopic (exact) mass is 261 g/mol. The number of nitrogens with one attached hydrogen (secondary N) is 1. The summed E-state index contributed by atoms with van der Waals surface area (Å²) in [4.78, 5) is 0. The number of aromatic nitrogens is 2. The summed E-state index contributed by atoms with van der Waals surface area (Å²) in [6, 6.07) is 6.41. The summed E-state index contributed by atoms with van der Waals surface area (Å²) >= 11 is 0. The van der Waals surface area contributed by atoms with E-state index >= 15 is 0 Å². The van der Waals surface area contributed by atoms with Crippen molar-refractivity contribution in [3.05, 3.63) is 41.6 Å². The molecule has 0 aliphatic heterocycles. The lowest BCUT2D eigenvalue weighted by Crippen LogP contribution is -2.24. The van der Waals surface area contributed by atoms with Gasteiger partial charge >= 0.3 is 0 Å². The quantitative estimate of drug-likeness (QED) is 0.833. The molecule has 1 N–H and O–H groups in total. The number of hydrogen-bond donors (Lipinski definition) is 1. The first kappa shape index (κ1) is 13.9. The molecule has 2 aromatic rings. The van der Waals surface area contributed by atoms with Crippen LogP contribution in [-0.2, 0) is 19.9 Å². The molecule has 0 saturated carbocycles. The Balaban J connectivity index is 2.10. The highest BCUT2D eigenvalue weighted by atomic mass is 16.3. The standard InChI is InChI=1S/C15H23N3O/c1-4-9-16-14(11-12-8-10-18(3)17-12)15-7-6-13(5-2)19-15/h6-8,10,14,16H,4-5,9,11H2,1-3H3. The van der Waals surface area contributed by atoms with Gasteiger partial charge in [-0.15, -0.1) is 0 Å². The Morgan fingerprint density at radius 1 is 1.32 bits per heavy atom. The van der Waals surface area contributed by atoms with E-state index in [4.69, 9.17) is 4.42 Å². The third kappa shape index (κ3) is 3.70. The molecule has 0 fully saturated rings. The second-order valence-electron chi connectivity index (χ2n) is 4.85. The highest BCUT2D eigenvalue weighted by molar-refractivity contribution is 5.14. The average Bonchev–Trinajstić information content (AvgIpc) is 3.03. The van der Waals surface area contributed by atoms with Crippen LogP contribution in [0, 0.1) is 0 Å². The molecule has 104 valence electrons. The Bertz CT molecular complexity index is 501. The lowest BCUT2D eigenvalue weighted by Gasteiger charge is -2.15. The average molecular weight is 261 g/mol. The molecule has 4 heteroatoms. The Hall–Kier alpha value is -1.55. The molecule has 2 aromatic heterocycles. The van der Waals surface area contributed by atoms with Crippen LogP contribution >= 0.6 is 0 Å². The molecular weight excluding hydrogens is 238 g/mol. The van der Waals surface area contributed by atoms with Gasteiger partial charge in [-0.2, -0.15) is 5.10 Å². The number of aryl methyl sites for hydroxylation is 2. The molecule has 0 amide bonds. The van der Waals surface area contributed by atoms with Crippen molar-refractivity contribution in [2.24, 2.45) is 7.05 Å². The van der Waals surface area contributed by atoms with Crippen molar-refractivity contribution in [2.45, 2.75) is 39.2 Å². The van der Waals surface area contributed by atoms with Gasteiger partial charge in [-0.25, -0.2) is 0 Å². The van der Waals surface area contributed by atoms with Gasteiger partial charge in [0.2, 0.25) is 0 Å². The summed E-state index contributed by atoms with van der Waals surface area (Å²) in [5.41, 5.74) is 1.09. The molecule has 0 spiro atoms. The minimum Gasteiger partial charge on any atom is -0.464 e. The topological polar surface area (TPSA) is 43.0 Å². The number of nitrogens with zero attached hydrogens (tertiary/aromatic N) is 2. The molecular formula is C15H23N3O. The third-order valence-electron chi connectivity index (χ3n) is 3.20. The van der Waals surface area contributed by atoms with Gasteiger partial charge in [-0.05, 0) is 31.2 Å². The Kier molecular flexibility index (Phi) is 4.80. The fraction of sp³-hybridized carbons (Fsp3) is 0.533.